The van der Waals surface area contributed by atoms with E-state index in [1.165, 1.54) is 45.4 Å². The first kappa shape index (κ1) is 12.5. The van der Waals surface area contributed by atoms with E-state index in [1.54, 1.807) is 0 Å². The summed E-state index contributed by atoms with van der Waals surface area (Å²) in [5.74, 6) is 2.73. The fourth-order valence-electron chi connectivity index (χ4n) is 2.32. The Kier molecular flexibility index (Phi) is 6.47. The molecule has 1 N–H and O–H groups in total. The van der Waals surface area contributed by atoms with Gasteiger partial charge in [0.1, 0.15) is 0 Å². The molecule has 0 radical (unpaired) electrons. The van der Waals surface area contributed by atoms with Gasteiger partial charge in [-0.2, -0.15) is 0 Å². The largest absolute Gasteiger partial charge is 0.317 e. The minimum absolute atomic E-state index is 0.795. The van der Waals surface area contributed by atoms with Crippen LogP contribution < -0.4 is 5.32 Å². The summed E-state index contributed by atoms with van der Waals surface area (Å²) in [4.78, 5) is 2.64. The molecule has 0 bridgehead atoms. The van der Waals surface area contributed by atoms with Gasteiger partial charge in [0.05, 0.1) is 0 Å². The lowest BCUT2D eigenvalue weighted by Crippen LogP contribution is -2.43. The Morgan fingerprint density at radius 3 is 2.67 bits per heavy atom. The molecule has 86 valence electrons. The van der Waals surface area contributed by atoms with Gasteiger partial charge in [-0.3, -0.25) is 0 Å². The molecule has 0 aromatic rings. The van der Waals surface area contributed by atoms with Crippen molar-refractivity contribution in [3.63, 3.8) is 0 Å². The lowest BCUT2D eigenvalue weighted by Gasteiger charge is -2.34. The molecule has 2 nitrogen and oxygen atoms in total. The third-order valence-corrected chi connectivity index (χ3v) is 3.10. The van der Waals surface area contributed by atoms with E-state index in [4.69, 9.17) is 6.42 Å². The number of hydrogen-bond acceptors (Lipinski definition) is 2. The molecule has 0 aromatic carbocycles. The van der Waals surface area contributed by atoms with Crippen molar-refractivity contribution in [3.8, 4) is 12.3 Å². The number of terminal acetylenes is 1. The van der Waals surface area contributed by atoms with E-state index in [1.807, 2.05) is 0 Å². The quantitative estimate of drug-likeness (QED) is 0.529. The molecule has 1 rings (SSSR count). The van der Waals surface area contributed by atoms with Gasteiger partial charge in [-0.05, 0) is 51.9 Å². The van der Waals surface area contributed by atoms with Crippen LogP contribution in [0.25, 0.3) is 0 Å². The average Bonchev–Trinajstić information content (AvgIpc) is 2.29. The third-order valence-electron chi connectivity index (χ3n) is 3.10. The smallest absolute Gasteiger partial charge is 0.0119 e. The van der Waals surface area contributed by atoms with Crippen molar-refractivity contribution in [2.45, 2.75) is 45.1 Å². The van der Waals surface area contributed by atoms with Crippen LogP contribution in [0.2, 0.25) is 0 Å². The standard InChI is InChI=1S/C13H24N2/c1-3-5-6-12-15(11-4-2)13-7-9-14-10-8-13/h1,13-14H,4-12H2,2H3. The van der Waals surface area contributed by atoms with E-state index in [0.29, 0.717) is 0 Å². The van der Waals surface area contributed by atoms with E-state index in [-0.39, 0.29) is 0 Å². The topological polar surface area (TPSA) is 15.3 Å². The highest BCUT2D eigenvalue weighted by Gasteiger charge is 2.19. The van der Waals surface area contributed by atoms with Gasteiger partial charge in [-0.15, -0.1) is 12.3 Å². The van der Waals surface area contributed by atoms with E-state index < -0.39 is 0 Å². The Balaban J connectivity index is 2.30. The molecule has 1 aliphatic rings. The number of nitrogens with zero attached hydrogens (tertiary/aromatic N) is 1. The Labute approximate surface area is 94.4 Å². The summed E-state index contributed by atoms with van der Waals surface area (Å²) < 4.78 is 0. The third kappa shape index (κ3) is 4.68. The summed E-state index contributed by atoms with van der Waals surface area (Å²) in [7, 11) is 0. The zero-order chi connectivity index (χ0) is 10.9. The zero-order valence-electron chi connectivity index (χ0n) is 9.97. The predicted molar refractivity (Wildman–Crippen MR) is 65.8 cm³/mol. The molecule has 1 aliphatic heterocycles. The molecule has 0 amide bonds. The summed E-state index contributed by atoms with van der Waals surface area (Å²) in [5.41, 5.74) is 0. The normalized spacial score (nSPS) is 17.9. The Hall–Kier alpha value is -0.520. The summed E-state index contributed by atoms with van der Waals surface area (Å²) in [6.07, 6.45) is 11.2. The first-order valence-electron chi connectivity index (χ1n) is 6.26. The molecule has 2 heteroatoms. The fourth-order valence-corrected chi connectivity index (χ4v) is 2.32. The van der Waals surface area contributed by atoms with E-state index in [9.17, 15) is 0 Å². The van der Waals surface area contributed by atoms with Gasteiger partial charge < -0.3 is 10.2 Å². The molecule has 15 heavy (non-hydrogen) atoms. The van der Waals surface area contributed by atoms with Crippen molar-refractivity contribution < 1.29 is 0 Å². The monoisotopic (exact) mass is 208 g/mol. The van der Waals surface area contributed by atoms with E-state index in [2.05, 4.69) is 23.1 Å². The van der Waals surface area contributed by atoms with Crippen LogP contribution in [0.4, 0.5) is 0 Å². The summed E-state index contributed by atoms with van der Waals surface area (Å²) in [6.45, 7) is 7.03. The maximum atomic E-state index is 5.29. The zero-order valence-corrected chi connectivity index (χ0v) is 9.97. The van der Waals surface area contributed by atoms with Gasteiger partial charge in [-0.1, -0.05) is 6.92 Å². The van der Waals surface area contributed by atoms with Crippen molar-refractivity contribution in [3.05, 3.63) is 0 Å². The Morgan fingerprint density at radius 2 is 2.07 bits per heavy atom. The highest BCUT2D eigenvalue weighted by molar-refractivity contribution is 4.84. The molecule has 0 atom stereocenters. The highest BCUT2D eigenvalue weighted by atomic mass is 15.2. The average molecular weight is 208 g/mol. The van der Waals surface area contributed by atoms with Crippen LogP contribution >= 0.6 is 0 Å². The summed E-state index contributed by atoms with van der Waals surface area (Å²) in [5, 5.41) is 3.42. The van der Waals surface area contributed by atoms with Gasteiger partial charge in [0.25, 0.3) is 0 Å². The molecule has 0 unspecified atom stereocenters. The molecular formula is C13H24N2. The van der Waals surface area contributed by atoms with Crippen LogP contribution in [0.15, 0.2) is 0 Å². The number of rotatable bonds is 6. The van der Waals surface area contributed by atoms with Crippen molar-refractivity contribution in [1.29, 1.82) is 0 Å². The molecule has 1 heterocycles. The minimum Gasteiger partial charge on any atom is -0.317 e. The maximum absolute atomic E-state index is 5.29. The highest BCUT2D eigenvalue weighted by Crippen LogP contribution is 2.13. The van der Waals surface area contributed by atoms with E-state index in [0.717, 1.165) is 18.9 Å². The van der Waals surface area contributed by atoms with Crippen molar-refractivity contribution >= 4 is 0 Å². The Morgan fingerprint density at radius 1 is 1.33 bits per heavy atom. The molecular weight excluding hydrogens is 184 g/mol. The second-order valence-corrected chi connectivity index (χ2v) is 4.32. The van der Waals surface area contributed by atoms with Crippen molar-refractivity contribution in [2.24, 2.45) is 0 Å². The van der Waals surface area contributed by atoms with E-state index >= 15 is 0 Å². The van der Waals surface area contributed by atoms with Gasteiger partial charge in [0.15, 0.2) is 0 Å². The second kappa shape index (κ2) is 7.73. The fraction of sp³-hybridized carbons (Fsp3) is 0.846. The first-order chi connectivity index (χ1) is 7.38. The number of unbranched alkanes of at least 4 members (excludes halogenated alkanes) is 1. The maximum Gasteiger partial charge on any atom is 0.0119 e. The van der Waals surface area contributed by atoms with Gasteiger partial charge in [0.2, 0.25) is 0 Å². The Bertz CT molecular complexity index is 189. The summed E-state index contributed by atoms with van der Waals surface area (Å²) in [6, 6.07) is 0.795. The second-order valence-electron chi connectivity index (χ2n) is 4.32. The van der Waals surface area contributed by atoms with Gasteiger partial charge >= 0.3 is 0 Å². The molecule has 0 spiro atoms. The van der Waals surface area contributed by atoms with Gasteiger partial charge in [0, 0.05) is 12.5 Å². The van der Waals surface area contributed by atoms with Crippen molar-refractivity contribution in [2.75, 3.05) is 26.2 Å². The van der Waals surface area contributed by atoms with Gasteiger partial charge in [-0.25, -0.2) is 0 Å². The number of nitrogens with one attached hydrogen (secondary N) is 1. The van der Waals surface area contributed by atoms with Crippen LogP contribution in [-0.2, 0) is 0 Å². The lowest BCUT2D eigenvalue weighted by molar-refractivity contribution is 0.161. The van der Waals surface area contributed by atoms with Crippen LogP contribution in [0.1, 0.15) is 39.0 Å². The molecule has 0 aliphatic carbocycles. The molecule has 0 saturated carbocycles. The molecule has 1 saturated heterocycles. The number of piperidine rings is 1. The molecule has 1 fully saturated rings. The molecule has 0 aromatic heterocycles. The van der Waals surface area contributed by atoms with Crippen LogP contribution in [0.5, 0.6) is 0 Å². The summed E-state index contributed by atoms with van der Waals surface area (Å²) >= 11 is 0. The van der Waals surface area contributed by atoms with Crippen LogP contribution in [0, 0.1) is 12.3 Å². The van der Waals surface area contributed by atoms with Crippen molar-refractivity contribution in [1.82, 2.24) is 10.2 Å². The predicted octanol–water partition coefficient (Wildman–Crippen LogP) is 1.86. The van der Waals surface area contributed by atoms with Crippen LogP contribution in [-0.4, -0.2) is 37.1 Å². The lowest BCUT2D eigenvalue weighted by atomic mass is 10.0. The SMILES string of the molecule is C#CCCCN(CCC)C1CCNCC1. The number of hydrogen-bond donors (Lipinski definition) is 1. The minimum atomic E-state index is 0.795. The first-order valence-corrected chi connectivity index (χ1v) is 6.26. The van der Waals surface area contributed by atoms with Crippen LogP contribution in [0.3, 0.4) is 0 Å².